The lowest BCUT2D eigenvalue weighted by atomic mass is 10.2. The standard InChI is InChI=1S/C14H26N2O3.CH3ClO2S/c1-14(2,3)19-13(17)16-6-4-5-12(16)11-15-7-9-18-10-8-15;1-5(2,3)4/h12H,4-11H2,1-3H3;1H3/t12-;/m0./s1. The maximum Gasteiger partial charge on any atom is 0.410 e. The molecule has 0 saturated carbocycles. The Morgan fingerprint density at radius 2 is 1.79 bits per heavy atom. The largest absolute Gasteiger partial charge is 0.444 e. The van der Waals surface area contributed by atoms with Gasteiger partial charge in [-0.1, -0.05) is 0 Å². The van der Waals surface area contributed by atoms with E-state index in [2.05, 4.69) is 15.6 Å². The Kier molecular flexibility index (Phi) is 8.25. The Balaban J connectivity index is 0.000000505. The molecule has 0 bridgehead atoms. The molecule has 9 heteroatoms. The number of carbonyl (C=O) groups excluding carboxylic acids is 1. The van der Waals surface area contributed by atoms with E-state index in [0.29, 0.717) is 6.04 Å². The van der Waals surface area contributed by atoms with Gasteiger partial charge in [0.2, 0.25) is 9.05 Å². The molecule has 0 radical (unpaired) electrons. The van der Waals surface area contributed by atoms with Gasteiger partial charge in [-0.05, 0) is 33.6 Å². The van der Waals surface area contributed by atoms with Gasteiger partial charge in [0.25, 0.3) is 0 Å². The van der Waals surface area contributed by atoms with Crippen molar-refractivity contribution in [1.82, 2.24) is 9.80 Å². The van der Waals surface area contributed by atoms with Crippen LogP contribution in [-0.4, -0.2) is 81.6 Å². The average molecular weight is 385 g/mol. The van der Waals surface area contributed by atoms with E-state index in [0.717, 1.165) is 58.5 Å². The summed E-state index contributed by atoms with van der Waals surface area (Å²) in [6.07, 6.45) is 2.92. The lowest BCUT2D eigenvalue weighted by molar-refractivity contribution is 0.00796. The van der Waals surface area contributed by atoms with Crippen molar-refractivity contribution in [3.63, 3.8) is 0 Å². The van der Waals surface area contributed by atoms with Gasteiger partial charge in [0, 0.05) is 42.9 Å². The predicted octanol–water partition coefficient (Wildman–Crippen LogP) is 1.90. The SMILES string of the molecule is CC(C)(C)OC(=O)N1CCC[C@H]1CN1CCOCC1.CS(=O)(=O)Cl. The normalized spacial score (nSPS) is 22.7. The molecule has 0 aliphatic carbocycles. The van der Waals surface area contributed by atoms with E-state index >= 15 is 0 Å². The number of rotatable bonds is 2. The fraction of sp³-hybridized carbons (Fsp3) is 0.933. The van der Waals surface area contributed by atoms with Crippen molar-refractivity contribution in [3.8, 4) is 0 Å². The molecule has 24 heavy (non-hydrogen) atoms. The predicted molar refractivity (Wildman–Crippen MR) is 93.9 cm³/mol. The smallest absolute Gasteiger partial charge is 0.410 e. The molecule has 0 unspecified atom stereocenters. The van der Waals surface area contributed by atoms with Crippen LogP contribution < -0.4 is 0 Å². The summed E-state index contributed by atoms with van der Waals surface area (Å²) in [5.41, 5.74) is -0.414. The second kappa shape index (κ2) is 9.22. The lowest BCUT2D eigenvalue weighted by Crippen LogP contribution is -2.47. The minimum Gasteiger partial charge on any atom is -0.444 e. The number of likely N-dealkylation sites (tertiary alicyclic amines) is 1. The van der Waals surface area contributed by atoms with Crippen LogP contribution in [0.15, 0.2) is 0 Å². The molecule has 0 spiro atoms. The number of hydrogen-bond acceptors (Lipinski definition) is 6. The topological polar surface area (TPSA) is 76.2 Å². The monoisotopic (exact) mass is 384 g/mol. The second-order valence-electron chi connectivity index (χ2n) is 7.06. The van der Waals surface area contributed by atoms with Crippen LogP contribution in [0.25, 0.3) is 0 Å². The first-order chi connectivity index (χ1) is 11.0. The van der Waals surface area contributed by atoms with Gasteiger partial charge in [0.05, 0.1) is 19.5 Å². The van der Waals surface area contributed by atoms with Crippen molar-refractivity contribution in [1.29, 1.82) is 0 Å². The summed E-state index contributed by atoms with van der Waals surface area (Å²) in [6, 6.07) is 0.299. The van der Waals surface area contributed by atoms with E-state index in [1.54, 1.807) is 0 Å². The molecule has 0 aromatic rings. The minimum absolute atomic E-state index is 0.164. The summed E-state index contributed by atoms with van der Waals surface area (Å²) in [7, 11) is 1.31. The van der Waals surface area contributed by atoms with Crippen LogP contribution in [0.5, 0.6) is 0 Å². The van der Waals surface area contributed by atoms with Gasteiger partial charge in [0.15, 0.2) is 0 Å². The number of ether oxygens (including phenoxy) is 2. The Morgan fingerprint density at radius 1 is 1.25 bits per heavy atom. The van der Waals surface area contributed by atoms with Crippen LogP contribution in [0.1, 0.15) is 33.6 Å². The zero-order valence-electron chi connectivity index (χ0n) is 15.0. The van der Waals surface area contributed by atoms with E-state index in [1.807, 2.05) is 25.7 Å². The first kappa shape index (κ1) is 21.5. The maximum atomic E-state index is 12.2. The van der Waals surface area contributed by atoms with Gasteiger partial charge >= 0.3 is 6.09 Å². The quantitative estimate of drug-likeness (QED) is 0.677. The van der Waals surface area contributed by atoms with Crippen LogP contribution in [-0.2, 0) is 18.5 Å². The molecule has 142 valence electrons. The lowest BCUT2D eigenvalue weighted by Gasteiger charge is -2.33. The minimum atomic E-state index is -3.19. The molecule has 2 aliphatic rings. The highest BCUT2D eigenvalue weighted by Crippen LogP contribution is 2.21. The van der Waals surface area contributed by atoms with Gasteiger partial charge in [-0.15, -0.1) is 0 Å². The van der Waals surface area contributed by atoms with E-state index < -0.39 is 14.7 Å². The summed E-state index contributed by atoms with van der Waals surface area (Å²) >= 11 is 0. The molecule has 7 nitrogen and oxygen atoms in total. The molecule has 0 N–H and O–H groups in total. The molecule has 1 atom stereocenters. The summed E-state index contributed by atoms with van der Waals surface area (Å²) in [5.74, 6) is 0. The van der Waals surface area contributed by atoms with Gasteiger partial charge in [-0.2, -0.15) is 0 Å². The number of hydrogen-bond donors (Lipinski definition) is 0. The van der Waals surface area contributed by atoms with Crippen LogP contribution >= 0.6 is 10.7 Å². The number of carbonyl (C=O) groups is 1. The molecule has 0 aromatic heterocycles. The van der Waals surface area contributed by atoms with Crippen molar-refractivity contribution < 1.29 is 22.7 Å². The molecular formula is C15H29ClN2O5S. The van der Waals surface area contributed by atoms with Gasteiger partial charge < -0.3 is 14.4 Å². The fourth-order valence-corrected chi connectivity index (χ4v) is 2.67. The molecule has 1 amide bonds. The first-order valence-corrected chi connectivity index (χ1v) is 10.9. The zero-order chi connectivity index (χ0) is 18.4. The van der Waals surface area contributed by atoms with Crippen LogP contribution in [0, 0.1) is 0 Å². The fourth-order valence-electron chi connectivity index (χ4n) is 2.67. The average Bonchev–Trinajstić information content (AvgIpc) is 2.84. The summed E-state index contributed by atoms with van der Waals surface area (Å²) in [5, 5.41) is 0. The van der Waals surface area contributed by atoms with E-state index in [9.17, 15) is 13.2 Å². The summed E-state index contributed by atoms with van der Waals surface area (Å²) in [4.78, 5) is 16.5. The molecular weight excluding hydrogens is 356 g/mol. The van der Waals surface area contributed by atoms with Gasteiger partial charge in [0.1, 0.15) is 5.60 Å². The Morgan fingerprint density at radius 3 is 2.29 bits per heavy atom. The van der Waals surface area contributed by atoms with Crippen molar-refractivity contribution in [2.75, 3.05) is 45.6 Å². The Hall–Kier alpha value is -0.570. The molecule has 0 aromatic carbocycles. The maximum absolute atomic E-state index is 12.2. The number of morpholine rings is 1. The summed E-state index contributed by atoms with van der Waals surface area (Å²) in [6.45, 7) is 11.1. The van der Waals surface area contributed by atoms with E-state index in [1.165, 1.54) is 0 Å². The molecule has 2 heterocycles. The first-order valence-electron chi connectivity index (χ1n) is 8.15. The zero-order valence-corrected chi connectivity index (χ0v) is 16.5. The Labute approximate surface area is 149 Å². The molecule has 2 aliphatic heterocycles. The van der Waals surface area contributed by atoms with Crippen molar-refractivity contribution in [2.45, 2.75) is 45.3 Å². The number of nitrogens with zero attached hydrogens (tertiary/aromatic N) is 2. The Bertz CT molecular complexity index is 492. The van der Waals surface area contributed by atoms with Crippen LogP contribution in [0.3, 0.4) is 0 Å². The van der Waals surface area contributed by atoms with E-state index in [4.69, 9.17) is 9.47 Å². The molecule has 2 fully saturated rings. The highest BCUT2D eigenvalue weighted by molar-refractivity contribution is 8.13. The highest BCUT2D eigenvalue weighted by Gasteiger charge is 2.33. The van der Waals surface area contributed by atoms with Gasteiger partial charge in [-0.3, -0.25) is 4.90 Å². The third-order valence-electron chi connectivity index (χ3n) is 3.58. The molecule has 2 rings (SSSR count). The highest BCUT2D eigenvalue weighted by atomic mass is 35.7. The van der Waals surface area contributed by atoms with Crippen molar-refractivity contribution in [2.24, 2.45) is 0 Å². The summed E-state index contributed by atoms with van der Waals surface area (Å²) < 4.78 is 29.6. The number of halogens is 1. The molecule has 2 saturated heterocycles. The van der Waals surface area contributed by atoms with Crippen LogP contribution in [0.2, 0.25) is 0 Å². The van der Waals surface area contributed by atoms with Gasteiger partial charge in [-0.25, -0.2) is 13.2 Å². The van der Waals surface area contributed by atoms with Crippen LogP contribution in [0.4, 0.5) is 4.79 Å². The second-order valence-corrected chi connectivity index (χ2v) is 10.1. The third kappa shape index (κ3) is 9.66. The van der Waals surface area contributed by atoms with E-state index in [-0.39, 0.29) is 6.09 Å². The third-order valence-corrected chi connectivity index (χ3v) is 3.58. The van der Waals surface area contributed by atoms with Crippen molar-refractivity contribution in [3.05, 3.63) is 0 Å². The van der Waals surface area contributed by atoms with Crippen molar-refractivity contribution >= 4 is 25.8 Å². The number of amides is 1.